The highest BCUT2D eigenvalue weighted by Gasteiger charge is 2.19. The number of pyridine rings is 1. The fourth-order valence-electron chi connectivity index (χ4n) is 3.42. The van der Waals surface area contributed by atoms with Crippen molar-refractivity contribution in [2.45, 2.75) is 6.61 Å². The van der Waals surface area contributed by atoms with E-state index >= 15 is 0 Å². The van der Waals surface area contributed by atoms with Crippen LogP contribution in [0.1, 0.15) is 11.1 Å². The molecule has 2 heterocycles. The van der Waals surface area contributed by atoms with Crippen LogP contribution in [0.25, 0.3) is 6.08 Å². The van der Waals surface area contributed by atoms with Gasteiger partial charge in [-0.05, 0) is 53.6 Å². The van der Waals surface area contributed by atoms with Gasteiger partial charge in [-0.25, -0.2) is 0 Å². The van der Waals surface area contributed by atoms with Crippen LogP contribution >= 0.6 is 0 Å². The van der Waals surface area contributed by atoms with E-state index in [0.717, 1.165) is 43.1 Å². The van der Waals surface area contributed by atoms with Gasteiger partial charge in [0, 0.05) is 50.3 Å². The molecular formula is C25H25N3O2. The number of piperazine rings is 1. The monoisotopic (exact) mass is 399 g/mol. The maximum absolute atomic E-state index is 12.5. The van der Waals surface area contributed by atoms with Crippen LogP contribution in [0.3, 0.4) is 0 Å². The molecule has 1 amide bonds. The lowest BCUT2D eigenvalue weighted by atomic mass is 10.2. The highest BCUT2D eigenvalue weighted by Crippen LogP contribution is 2.17. The van der Waals surface area contributed by atoms with Crippen LogP contribution in [0.2, 0.25) is 0 Å². The van der Waals surface area contributed by atoms with Gasteiger partial charge in [-0.3, -0.25) is 9.78 Å². The number of nitrogens with zero attached hydrogens (tertiary/aromatic N) is 3. The van der Waals surface area contributed by atoms with E-state index in [1.54, 1.807) is 18.5 Å². The van der Waals surface area contributed by atoms with Crippen molar-refractivity contribution in [3.8, 4) is 5.75 Å². The van der Waals surface area contributed by atoms with Crippen molar-refractivity contribution >= 4 is 17.7 Å². The minimum Gasteiger partial charge on any atom is -0.489 e. The number of carbonyl (C=O) groups excluding carboxylic acids is 1. The molecule has 0 saturated carbocycles. The topological polar surface area (TPSA) is 45.7 Å². The van der Waals surface area contributed by atoms with Crippen LogP contribution in [0.4, 0.5) is 5.69 Å². The number of rotatable bonds is 6. The molecule has 4 rings (SSSR count). The van der Waals surface area contributed by atoms with Gasteiger partial charge < -0.3 is 14.5 Å². The number of para-hydroxylation sites is 1. The van der Waals surface area contributed by atoms with Gasteiger partial charge in [-0.1, -0.05) is 30.3 Å². The summed E-state index contributed by atoms with van der Waals surface area (Å²) in [5.41, 5.74) is 3.26. The zero-order valence-corrected chi connectivity index (χ0v) is 16.9. The van der Waals surface area contributed by atoms with E-state index in [1.165, 1.54) is 5.69 Å². The Kier molecular flexibility index (Phi) is 6.40. The molecule has 1 saturated heterocycles. The molecule has 5 nitrogen and oxygen atoms in total. The van der Waals surface area contributed by atoms with Crippen molar-refractivity contribution in [2.75, 3.05) is 31.1 Å². The average molecular weight is 399 g/mol. The van der Waals surface area contributed by atoms with Gasteiger partial charge in [-0.15, -0.1) is 0 Å². The molecule has 0 spiro atoms. The van der Waals surface area contributed by atoms with Gasteiger partial charge in [0.1, 0.15) is 12.4 Å². The Morgan fingerprint density at radius 3 is 2.30 bits per heavy atom. The molecule has 1 fully saturated rings. The number of amides is 1. The number of benzene rings is 2. The van der Waals surface area contributed by atoms with Crippen molar-refractivity contribution in [2.24, 2.45) is 0 Å². The fraction of sp³-hybridized carbons (Fsp3) is 0.200. The van der Waals surface area contributed by atoms with E-state index in [0.29, 0.717) is 6.61 Å². The van der Waals surface area contributed by atoms with Crippen LogP contribution in [0, 0.1) is 0 Å². The SMILES string of the molecule is O=C(C=Cc1ccc(OCc2ccncc2)cc1)N1CCN(c2ccccc2)CC1. The number of hydrogen-bond donors (Lipinski definition) is 0. The summed E-state index contributed by atoms with van der Waals surface area (Å²) in [4.78, 5) is 20.8. The number of ether oxygens (including phenoxy) is 1. The minimum absolute atomic E-state index is 0.0562. The van der Waals surface area contributed by atoms with E-state index in [1.807, 2.05) is 65.6 Å². The van der Waals surface area contributed by atoms with Gasteiger partial charge >= 0.3 is 0 Å². The van der Waals surface area contributed by atoms with Crippen LogP contribution in [-0.2, 0) is 11.4 Å². The third-order valence-electron chi connectivity index (χ3n) is 5.17. The first-order chi connectivity index (χ1) is 14.8. The van der Waals surface area contributed by atoms with Crippen molar-refractivity contribution in [3.63, 3.8) is 0 Å². The standard InChI is InChI=1S/C25H25N3O2/c29-25(28-18-16-27(17-19-28)23-4-2-1-3-5-23)11-8-21-6-9-24(10-7-21)30-20-22-12-14-26-15-13-22/h1-15H,16-20H2. The number of hydrogen-bond acceptors (Lipinski definition) is 4. The van der Waals surface area contributed by atoms with Crippen molar-refractivity contribution in [3.05, 3.63) is 96.3 Å². The summed E-state index contributed by atoms with van der Waals surface area (Å²) in [7, 11) is 0. The Balaban J connectivity index is 1.26. The lowest BCUT2D eigenvalue weighted by Crippen LogP contribution is -2.48. The van der Waals surface area contributed by atoms with Gasteiger partial charge in [0.15, 0.2) is 0 Å². The normalized spacial score (nSPS) is 14.1. The van der Waals surface area contributed by atoms with Crippen LogP contribution in [0.5, 0.6) is 5.75 Å². The quantitative estimate of drug-likeness (QED) is 0.588. The van der Waals surface area contributed by atoms with Crippen LogP contribution in [0.15, 0.2) is 85.2 Å². The van der Waals surface area contributed by atoms with Crippen molar-refractivity contribution in [1.29, 1.82) is 0 Å². The summed E-state index contributed by atoms with van der Waals surface area (Å²) in [6.45, 7) is 3.69. The Morgan fingerprint density at radius 1 is 0.900 bits per heavy atom. The Labute approximate surface area is 177 Å². The van der Waals surface area contributed by atoms with Crippen LogP contribution in [-0.4, -0.2) is 42.0 Å². The van der Waals surface area contributed by atoms with E-state index in [-0.39, 0.29) is 5.91 Å². The summed E-state index contributed by atoms with van der Waals surface area (Å²) >= 11 is 0. The largest absolute Gasteiger partial charge is 0.489 e. The number of aromatic nitrogens is 1. The minimum atomic E-state index is 0.0562. The molecule has 0 bridgehead atoms. The molecule has 1 aromatic heterocycles. The molecular weight excluding hydrogens is 374 g/mol. The predicted octanol–water partition coefficient (Wildman–Crippen LogP) is 4.02. The molecule has 1 aliphatic rings. The number of carbonyl (C=O) groups is 1. The first kappa shape index (κ1) is 19.7. The van der Waals surface area contributed by atoms with Gasteiger partial charge in [-0.2, -0.15) is 0 Å². The second-order valence-electron chi connectivity index (χ2n) is 7.19. The third kappa shape index (κ3) is 5.26. The Hall–Kier alpha value is -3.60. The fourth-order valence-corrected chi connectivity index (χ4v) is 3.42. The first-order valence-electron chi connectivity index (χ1n) is 10.2. The second kappa shape index (κ2) is 9.74. The molecule has 0 atom stereocenters. The summed E-state index contributed by atoms with van der Waals surface area (Å²) in [5.74, 6) is 0.855. The highest BCUT2D eigenvalue weighted by molar-refractivity contribution is 5.92. The summed E-state index contributed by atoms with van der Waals surface area (Å²) < 4.78 is 5.78. The molecule has 0 radical (unpaired) electrons. The van der Waals surface area contributed by atoms with Crippen molar-refractivity contribution in [1.82, 2.24) is 9.88 Å². The lowest BCUT2D eigenvalue weighted by molar-refractivity contribution is -0.126. The number of anilines is 1. The molecule has 0 N–H and O–H groups in total. The van der Waals surface area contributed by atoms with E-state index in [4.69, 9.17) is 4.74 Å². The smallest absolute Gasteiger partial charge is 0.246 e. The maximum Gasteiger partial charge on any atom is 0.246 e. The Bertz CT molecular complexity index is 964. The first-order valence-corrected chi connectivity index (χ1v) is 10.2. The van der Waals surface area contributed by atoms with Crippen molar-refractivity contribution < 1.29 is 9.53 Å². The summed E-state index contributed by atoms with van der Waals surface area (Å²) in [6.07, 6.45) is 7.03. The molecule has 30 heavy (non-hydrogen) atoms. The zero-order valence-electron chi connectivity index (χ0n) is 16.9. The molecule has 0 unspecified atom stereocenters. The molecule has 5 heteroatoms. The molecule has 0 aliphatic carbocycles. The average Bonchev–Trinajstić information content (AvgIpc) is 2.83. The van der Waals surface area contributed by atoms with E-state index < -0.39 is 0 Å². The summed E-state index contributed by atoms with van der Waals surface area (Å²) in [6, 6.07) is 22.0. The van der Waals surface area contributed by atoms with E-state index in [9.17, 15) is 4.79 Å². The molecule has 152 valence electrons. The highest BCUT2D eigenvalue weighted by atomic mass is 16.5. The van der Waals surface area contributed by atoms with E-state index in [2.05, 4.69) is 22.0 Å². The predicted molar refractivity (Wildman–Crippen MR) is 119 cm³/mol. The van der Waals surface area contributed by atoms with Crippen LogP contribution < -0.4 is 9.64 Å². The van der Waals surface area contributed by atoms with Gasteiger partial charge in [0.05, 0.1) is 0 Å². The second-order valence-corrected chi connectivity index (χ2v) is 7.19. The maximum atomic E-state index is 12.5. The lowest BCUT2D eigenvalue weighted by Gasteiger charge is -2.35. The summed E-state index contributed by atoms with van der Waals surface area (Å²) in [5, 5.41) is 0. The molecule has 2 aromatic carbocycles. The third-order valence-corrected chi connectivity index (χ3v) is 5.17. The van der Waals surface area contributed by atoms with Gasteiger partial charge in [0.2, 0.25) is 5.91 Å². The zero-order chi connectivity index (χ0) is 20.6. The Morgan fingerprint density at radius 2 is 1.60 bits per heavy atom. The van der Waals surface area contributed by atoms with Gasteiger partial charge in [0.25, 0.3) is 0 Å². The molecule has 1 aliphatic heterocycles. The molecule has 3 aromatic rings.